The molecule has 1 aromatic rings. The highest BCUT2D eigenvalue weighted by Gasteiger charge is 2.27. The van der Waals surface area contributed by atoms with E-state index in [1.165, 1.54) is 25.3 Å². The number of ether oxygens (including phenoxy) is 1. The normalized spacial score (nSPS) is 18.9. The third-order valence-electron chi connectivity index (χ3n) is 3.75. The third kappa shape index (κ3) is 3.10. The zero-order chi connectivity index (χ0) is 14.5. The highest BCUT2D eigenvalue weighted by atomic mass is 19.1. The SMILES string of the molecule is COc1cc(C(=O)N2CCCCC2CCO)ccc1F. The molecule has 1 aromatic carbocycles. The Morgan fingerprint density at radius 2 is 2.30 bits per heavy atom. The largest absolute Gasteiger partial charge is 0.494 e. The Morgan fingerprint density at radius 3 is 3.00 bits per heavy atom. The summed E-state index contributed by atoms with van der Waals surface area (Å²) in [5, 5.41) is 9.10. The Kier molecular flexibility index (Phi) is 4.95. The van der Waals surface area contributed by atoms with E-state index in [0.717, 1.165) is 19.3 Å². The monoisotopic (exact) mass is 281 g/mol. The minimum absolute atomic E-state index is 0.0669. The Bertz CT molecular complexity index is 476. The van der Waals surface area contributed by atoms with E-state index in [0.29, 0.717) is 18.5 Å². The molecule has 1 atom stereocenters. The fourth-order valence-electron chi connectivity index (χ4n) is 2.68. The molecular formula is C15H20FNO3. The lowest BCUT2D eigenvalue weighted by molar-refractivity contribution is 0.0574. The number of aliphatic hydroxyl groups is 1. The first-order valence-corrected chi connectivity index (χ1v) is 6.92. The van der Waals surface area contributed by atoms with Crippen LogP contribution < -0.4 is 4.74 Å². The summed E-state index contributed by atoms with van der Waals surface area (Å²) in [7, 11) is 1.38. The van der Waals surface area contributed by atoms with Gasteiger partial charge in [0.15, 0.2) is 11.6 Å². The Morgan fingerprint density at radius 1 is 1.50 bits per heavy atom. The first kappa shape index (κ1) is 14.8. The lowest BCUT2D eigenvalue weighted by atomic mass is 9.98. The van der Waals surface area contributed by atoms with E-state index in [1.807, 2.05) is 0 Å². The highest BCUT2D eigenvalue weighted by Crippen LogP contribution is 2.24. The van der Waals surface area contributed by atoms with Gasteiger partial charge in [0.25, 0.3) is 5.91 Å². The van der Waals surface area contributed by atoms with Crippen LogP contribution in [0.25, 0.3) is 0 Å². The fraction of sp³-hybridized carbons (Fsp3) is 0.533. The number of hydrogen-bond acceptors (Lipinski definition) is 3. The van der Waals surface area contributed by atoms with Crippen LogP contribution in [-0.2, 0) is 0 Å². The average molecular weight is 281 g/mol. The summed E-state index contributed by atoms with van der Waals surface area (Å²) in [6.45, 7) is 0.754. The van der Waals surface area contributed by atoms with E-state index in [1.54, 1.807) is 4.90 Å². The number of halogens is 1. The van der Waals surface area contributed by atoms with Crippen molar-refractivity contribution < 1.29 is 19.0 Å². The van der Waals surface area contributed by atoms with Crippen molar-refractivity contribution in [1.82, 2.24) is 4.90 Å². The first-order valence-electron chi connectivity index (χ1n) is 6.92. The van der Waals surface area contributed by atoms with Crippen molar-refractivity contribution in [1.29, 1.82) is 0 Å². The van der Waals surface area contributed by atoms with Gasteiger partial charge < -0.3 is 14.7 Å². The van der Waals surface area contributed by atoms with Crippen molar-refractivity contribution in [3.05, 3.63) is 29.6 Å². The summed E-state index contributed by atoms with van der Waals surface area (Å²) >= 11 is 0. The molecule has 1 fully saturated rings. The predicted molar refractivity (Wildman–Crippen MR) is 73.3 cm³/mol. The topological polar surface area (TPSA) is 49.8 Å². The van der Waals surface area contributed by atoms with E-state index in [9.17, 15) is 9.18 Å². The van der Waals surface area contributed by atoms with Gasteiger partial charge in [-0.25, -0.2) is 4.39 Å². The maximum atomic E-state index is 13.4. The van der Waals surface area contributed by atoms with Crippen molar-refractivity contribution in [2.75, 3.05) is 20.3 Å². The lowest BCUT2D eigenvalue weighted by Crippen LogP contribution is -2.44. The van der Waals surface area contributed by atoms with Crippen LogP contribution in [-0.4, -0.2) is 42.2 Å². The van der Waals surface area contributed by atoms with Crippen LogP contribution in [0.2, 0.25) is 0 Å². The van der Waals surface area contributed by atoms with Crippen LogP contribution in [0.15, 0.2) is 18.2 Å². The van der Waals surface area contributed by atoms with Crippen molar-refractivity contribution in [2.45, 2.75) is 31.7 Å². The minimum atomic E-state index is -0.477. The van der Waals surface area contributed by atoms with E-state index in [-0.39, 0.29) is 24.3 Å². The van der Waals surface area contributed by atoms with Crippen LogP contribution in [0.5, 0.6) is 5.75 Å². The lowest BCUT2D eigenvalue weighted by Gasteiger charge is -2.35. The van der Waals surface area contributed by atoms with Crippen LogP contribution in [0.4, 0.5) is 4.39 Å². The van der Waals surface area contributed by atoms with E-state index >= 15 is 0 Å². The molecule has 0 bridgehead atoms. The van der Waals surface area contributed by atoms with Gasteiger partial charge in [0.2, 0.25) is 0 Å². The van der Waals surface area contributed by atoms with Crippen LogP contribution in [0.1, 0.15) is 36.0 Å². The third-order valence-corrected chi connectivity index (χ3v) is 3.75. The molecule has 1 saturated heterocycles. The van der Waals surface area contributed by atoms with Crippen LogP contribution in [0, 0.1) is 5.82 Å². The van der Waals surface area contributed by atoms with Gasteiger partial charge in [-0.3, -0.25) is 4.79 Å². The Labute approximate surface area is 118 Å². The molecule has 0 saturated carbocycles. The predicted octanol–water partition coefficient (Wildman–Crippen LogP) is 2.21. The quantitative estimate of drug-likeness (QED) is 0.920. The maximum absolute atomic E-state index is 13.4. The highest BCUT2D eigenvalue weighted by molar-refractivity contribution is 5.94. The second kappa shape index (κ2) is 6.70. The molecule has 0 aromatic heterocycles. The van der Waals surface area contributed by atoms with Gasteiger partial charge in [-0.1, -0.05) is 0 Å². The molecule has 0 spiro atoms. The molecule has 1 unspecified atom stereocenters. The van der Waals surface area contributed by atoms with Crippen molar-refractivity contribution >= 4 is 5.91 Å². The number of rotatable bonds is 4. The second-order valence-corrected chi connectivity index (χ2v) is 5.01. The number of benzene rings is 1. The molecule has 1 N–H and O–H groups in total. The molecule has 1 aliphatic heterocycles. The van der Waals surface area contributed by atoms with Gasteiger partial charge in [0.05, 0.1) is 7.11 Å². The molecule has 0 radical (unpaired) electrons. The van der Waals surface area contributed by atoms with Crippen LogP contribution >= 0.6 is 0 Å². The molecule has 2 rings (SSSR count). The first-order chi connectivity index (χ1) is 9.67. The molecule has 0 aliphatic carbocycles. The molecule has 4 nitrogen and oxygen atoms in total. The van der Waals surface area contributed by atoms with Gasteiger partial charge in [0.1, 0.15) is 0 Å². The number of aliphatic hydroxyl groups excluding tert-OH is 1. The minimum Gasteiger partial charge on any atom is -0.494 e. The number of carbonyl (C=O) groups excluding carboxylic acids is 1. The van der Waals surface area contributed by atoms with E-state index in [4.69, 9.17) is 9.84 Å². The zero-order valence-corrected chi connectivity index (χ0v) is 11.6. The van der Waals surface area contributed by atoms with Gasteiger partial charge in [-0.2, -0.15) is 0 Å². The number of piperidine rings is 1. The summed E-state index contributed by atoms with van der Waals surface area (Å²) in [5.74, 6) is -0.525. The summed E-state index contributed by atoms with van der Waals surface area (Å²) in [6, 6.07) is 4.22. The average Bonchev–Trinajstić information content (AvgIpc) is 2.48. The smallest absolute Gasteiger partial charge is 0.254 e. The molecular weight excluding hydrogens is 261 g/mol. The maximum Gasteiger partial charge on any atom is 0.254 e. The molecule has 110 valence electrons. The Hall–Kier alpha value is -1.62. The molecule has 1 amide bonds. The summed E-state index contributed by atoms with van der Waals surface area (Å²) in [6.07, 6.45) is 3.53. The molecule has 5 heteroatoms. The molecule has 1 heterocycles. The standard InChI is InChI=1S/C15H20FNO3/c1-20-14-10-11(5-6-13(14)16)15(19)17-8-3-2-4-12(17)7-9-18/h5-6,10,12,18H,2-4,7-9H2,1H3. The van der Waals surface area contributed by atoms with Crippen molar-refractivity contribution in [3.63, 3.8) is 0 Å². The molecule has 20 heavy (non-hydrogen) atoms. The van der Waals surface area contributed by atoms with Crippen LogP contribution in [0.3, 0.4) is 0 Å². The van der Waals surface area contributed by atoms with Gasteiger partial charge >= 0.3 is 0 Å². The van der Waals surface area contributed by atoms with E-state index in [2.05, 4.69) is 0 Å². The number of likely N-dealkylation sites (tertiary alicyclic amines) is 1. The second-order valence-electron chi connectivity index (χ2n) is 5.01. The number of hydrogen-bond donors (Lipinski definition) is 1. The molecule has 1 aliphatic rings. The van der Waals surface area contributed by atoms with Gasteiger partial charge in [-0.05, 0) is 43.9 Å². The number of amides is 1. The van der Waals surface area contributed by atoms with Crippen molar-refractivity contribution in [3.8, 4) is 5.75 Å². The number of carbonyl (C=O) groups is 1. The summed E-state index contributed by atoms with van der Waals surface area (Å²) in [5.41, 5.74) is 0.424. The van der Waals surface area contributed by atoms with Crippen molar-refractivity contribution in [2.24, 2.45) is 0 Å². The fourth-order valence-corrected chi connectivity index (χ4v) is 2.68. The van der Waals surface area contributed by atoms with E-state index < -0.39 is 5.82 Å². The zero-order valence-electron chi connectivity index (χ0n) is 11.6. The van der Waals surface area contributed by atoms with Gasteiger partial charge in [-0.15, -0.1) is 0 Å². The summed E-state index contributed by atoms with van der Waals surface area (Å²) < 4.78 is 18.3. The Balaban J connectivity index is 2.20. The summed E-state index contributed by atoms with van der Waals surface area (Å²) in [4.78, 5) is 14.3. The number of methoxy groups -OCH3 is 1. The van der Waals surface area contributed by atoms with Gasteiger partial charge in [0, 0.05) is 24.8 Å². The number of nitrogens with zero attached hydrogens (tertiary/aromatic N) is 1.